The molecule has 0 rings (SSSR count). The highest BCUT2D eigenvalue weighted by Crippen LogP contribution is 2.11. The minimum atomic E-state index is -0.467. The Bertz CT molecular complexity index is 172. The number of hydrogen-bond acceptors (Lipinski definition) is 3. The van der Waals surface area contributed by atoms with Gasteiger partial charge in [0.05, 0.1) is 18.2 Å². The molecule has 0 saturated carbocycles. The highest BCUT2D eigenvalue weighted by Gasteiger charge is 2.21. The third-order valence-corrected chi connectivity index (χ3v) is 2.56. The molecule has 3 N–H and O–H groups in total. The van der Waals surface area contributed by atoms with Gasteiger partial charge in [-0.3, -0.25) is 4.79 Å². The highest BCUT2D eigenvalue weighted by atomic mass is 31.0. The summed E-state index contributed by atoms with van der Waals surface area (Å²) in [7, 11) is 2.24. The lowest BCUT2D eigenvalue weighted by Crippen LogP contribution is -2.48. The molecule has 0 radical (unpaired) electrons. The molecule has 0 aromatic carbocycles. The van der Waals surface area contributed by atoms with Crippen LogP contribution in [0.1, 0.15) is 33.6 Å². The molecule has 0 aromatic heterocycles. The van der Waals surface area contributed by atoms with E-state index in [0.717, 1.165) is 12.8 Å². The molecule has 1 amide bonds. The van der Waals surface area contributed by atoms with E-state index in [1.807, 2.05) is 13.8 Å². The van der Waals surface area contributed by atoms with Gasteiger partial charge >= 0.3 is 0 Å². The zero-order valence-corrected chi connectivity index (χ0v) is 10.3. The molecule has 4 atom stereocenters. The van der Waals surface area contributed by atoms with Crippen LogP contribution in [-0.4, -0.2) is 24.1 Å². The van der Waals surface area contributed by atoms with Crippen molar-refractivity contribution in [3.8, 4) is 0 Å². The Hall–Kier alpha value is -0.180. The summed E-state index contributed by atoms with van der Waals surface area (Å²) in [5, 5.41) is 2.87. The fourth-order valence-corrected chi connectivity index (χ4v) is 1.63. The lowest BCUT2D eigenvalue weighted by molar-refractivity contribution is -0.123. The first-order valence-corrected chi connectivity index (χ1v) is 5.45. The van der Waals surface area contributed by atoms with E-state index in [1.165, 1.54) is 0 Å². The first-order valence-electron chi connectivity index (χ1n) is 4.98. The van der Waals surface area contributed by atoms with E-state index in [4.69, 9.17) is 10.3 Å². The summed E-state index contributed by atoms with van der Waals surface area (Å²) in [5.41, 5.74) is 5.46. The summed E-state index contributed by atoms with van der Waals surface area (Å²) in [6.45, 7) is 5.71. The Morgan fingerprint density at radius 1 is 1.50 bits per heavy atom. The minimum absolute atomic E-state index is 0.0349. The van der Waals surface area contributed by atoms with Gasteiger partial charge in [0, 0.05) is 9.47 Å². The van der Waals surface area contributed by atoms with Crippen molar-refractivity contribution >= 4 is 15.4 Å². The number of nitrogens with two attached hydrogens (primary N) is 1. The fourth-order valence-electron chi connectivity index (χ4n) is 1.25. The average Bonchev–Trinajstić information content (AvgIpc) is 2.17. The Morgan fingerprint density at radius 3 is 2.36 bits per heavy atom. The third-order valence-electron chi connectivity index (χ3n) is 2.21. The van der Waals surface area contributed by atoms with E-state index >= 15 is 0 Å². The molecular weight excluding hydrogens is 199 g/mol. The lowest BCUT2D eigenvalue weighted by atomic mass is 10.1. The molecule has 84 valence electrons. The standard InChI is InChI=1S/C9H21N2O2P/c1-4-7(8(5-2)13-14)11-9(12)6(3)10/h6-8H,4-5,10,14H2,1-3H3,(H,11,12)/t6-,7-,8?/m0/s1. The maximum atomic E-state index is 11.3. The first-order chi connectivity index (χ1) is 6.56. The normalized spacial score (nSPS) is 17.2. The van der Waals surface area contributed by atoms with E-state index in [0.29, 0.717) is 0 Å². The van der Waals surface area contributed by atoms with Crippen LogP contribution in [0.4, 0.5) is 0 Å². The van der Waals surface area contributed by atoms with E-state index < -0.39 is 6.04 Å². The molecular formula is C9H21N2O2P. The highest BCUT2D eigenvalue weighted by molar-refractivity contribution is 7.09. The first kappa shape index (κ1) is 13.8. The van der Waals surface area contributed by atoms with Crippen LogP contribution in [0.3, 0.4) is 0 Å². The van der Waals surface area contributed by atoms with Gasteiger partial charge in [-0.1, -0.05) is 13.8 Å². The molecule has 4 nitrogen and oxygen atoms in total. The van der Waals surface area contributed by atoms with Gasteiger partial charge in [-0.2, -0.15) is 0 Å². The van der Waals surface area contributed by atoms with Crippen LogP contribution in [0.2, 0.25) is 0 Å². The van der Waals surface area contributed by atoms with E-state index in [2.05, 4.69) is 14.8 Å². The molecule has 0 aliphatic heterocycles. The molecule has 0 aliphatic rings. The van der Waals surface area contributed by atoms with Gasteiger partial charge < -0.3 is 15.6 Å². The molecule has 0 heterocycles. The Kier molecular flexibility index (Phi) is 7.06. The summed E-state index contributed by atoms with van der Waals surface area (Å²) in [4.78, 5) is 11.3. The third kappa shape index (κ3) is 4.36. The summed E-state index contributed by atoms with van der Waals surface area (Å²) >= 11 is 0. The molecule has 14 heavy (non-hydrogen) atoms. The van der Waals surface area contributed by atoms with Crippen molar-refractivity contribution in [1.29, 1.82) is 0 Å². The molecule has 0 fully saturated rings. The second-order valence-electron chi connectivity index (χ2n) is 3.39. The summed E-state index contributed by atoms with van der Waals surface area (Å²) < 4.78 is 5.19. The zero-order valence-electron chi connectivity index (χ0n) is 9.12. The van der Waals surface area contributed by atoms with Crippen molar-refractivity contribution in [3.05, 3.63) is 0 Å². The van der Waals surface area contributed by atoms with Gasteiger partial charge in [0.25, 0.3) is 0 Å². The maximum absolute atomic E-state index is 11.3. The second kappa shape index (κ2) is 7.16. The Labute approximate surface area is 88.2 Å². The van der Waals surface area contributed by atoms with Crippen LogP contribution < -0.4 is 11.1 Å². The molecule has 0 aliphatic carbocycles. The predicted molar refractivity (Wildman–Crippen MR) is 60.7 cm³/mol. The fraction of sp³-hybridized carbons (Fsp3) is 0.889. The van der Waals surface area contributed by atoms with E-state index in [1.54, 1.807) is 6.92 Å². The second-order valence-corrected chi connectivity index (χ2v) is 3.67. The maximum Gasteiger partial charge on any atom is 0.236 e. The largest absolute Gasteiger partial charge is 0.360 e. The molecule has 5 heteroatoms. The molecule has 2 unspecified atom stereocenters. The number of carbonyl (C=O) groups excluding carboxylic acids is 1. The SMILES string of the molecule is CCC(OP)[C@H](CC)NC(=O)[C@H](C)N. The Morgan fingerprint density at radius 2 is 2.07 bits per heavy atom. The van der Waals surface area contributed by atoms with Crippen molar-refractivity contribution in [2.45, 2.75) is 51.8 Å². The van der Waals surface area contributed by atoms with Crippen molar-refractivity contribution < 1.29 is 9.32 Å². The van der Waals surface area contributed by atoms with E-state index in [-0.39, 0.29) is 18.1 Å². The predicted octanol–water partition coefficient (Wildman–Crippen LogP) is 0.814. The van der Waals surface area contributed by atoms with Gasteiger partial charge in [0.1, 0.15) is 0 Å². The summed E-state index contributed by atoms with van der Waals surface area (Å²) in [6, 6.07) is -0.429. The van der Waals surface area contributed by atoms with Gasteiger partial charge in [0.15, 0.2) is 0 Å². The number of carbonyl (C=O) groups is 1. The van der Waals surface area contributed by atoms with Gasteiger partial charge in [0.2, 0.25) is 5.91 Å². The van der Waals surface area contributed by atoms with Crippen molar-refractivity contribution in [1.82, 2.24) is 5.32 Å². The summed E-state index contributed by atoms with van der Waals surface area (Å²) in [5.74, 6) is -0.127. The van der Waals surface area contributed by atoms with Gasteiger partial charge in [-0.05, 0) is 19.8 Å². The molecule has 0 saturated heterocycles. The van der Waals surface area contributed by atoms with Crippen LogP contribution in [0, 0.1) is 0 Å². The number of rotatable bonds is 6. The number of hydrogen-bond donors (Lipinski definition) is 2. The lowest BCUT2D eigenvalue weighted by Gasteiger charge is -2.25. The van der Waals surface area contributed by atoms with Crippen molar-refractivity contribution in [3.63, 3.8) is 0 Å². The average molecular weight is 220 g/mol. The minimum Gasteiger partial charge on any atom is -0.360 e. The quantitative estimate of drug-likeness (QED) is 0.651. The van der Waals surface area contributed by atoms with Crippen LogP contribution in [0.25, 0.3) is 0 Å². The van der Waals surface area contributed by atoms with Gasteiger partial charge in [-0.15, -0.1) is 0 Å². The van der Waals surface area contributed by atoms with Crippen LogP contribution in [-0.2, 0) is 9.32 Å². The molecule has 0 aromatic rings. The van der Waals surface area contributed by atoms with Gasteiger partial charge in [-0.25, -0.2) is 0 Å². The molecule has 0 bridgehead atoms. The summed E-state index contributed by atoms with van der Waals surface area (Å²) in [6.07, 6.45) is 1.74. The number of nitrogens with one attached hydrogen (secondary N) is 1. The van der Waals surface area contributed by atoms with Crippen molar-refractivity contribution in [2.75, 3.05) is 0 Å². The van der Waals surface area contributed by atoms with Crippen LogP contribution in [0.15, 0.2) is 0 Å². The smallest absolute Gasteiger partial charge is 0.236 e. The molecule has 0 spiro atoms. The Balaban J connectivity index is 4.20. The topological polar surface area (TPSA) is 64.3 Å². The van der Waals surface area contributed by atoms with E-state index in [9.17, 15) is 4.79 Å². The van der Waals surface area contributed by atoms with Crippen LogP contribution in [0.5, 0.6) is 0 Å². The van der Waals surface area contributed by atoms with Crippen LogP contribution >= 0.6 is 9.47 Å². The van der Waals surface area contributed by atoms with Crippen molar-refractivity contribution in [2.24, 2.45) is 5.73 Å². The zero-order chi connectivity index (χ0) is 11.1. The monoisotopic (exact) mass is 220 g/mol. The number of amides is 1.